The maximum atomic E-state index is 11.8. The summed E-state index contributed by atoms with van der Waals surface area (Å²) >= 11 is 0. The van der Waals surface area contributed by atoms with Crippen LogP contribution in [-0.2, 0) is 4.79 Å². The van der Waals surface area contributed by atoms with Crippen molar-refractivity contribution in [3.8, 4) is 0 Å². The monoisotopic (exact) mass is 226 g/mol. The molecule has 1 saturated heterocycles. The molecule has 0 aromatic carbocycles. The predicted molar refractivity (Wildman–Crippen MR) is 67.3 cm³/mol. The zero-order chi connectivity index (χ0) is 12.0. The summed E-state index contributed by atoms with van der Waals surface area (Å²) in [6.45, 7) is 7.53. The summed E-state index contributed by atoms with van der Waals surface area (Å²) in [7, 11) is 0. The van der Waals surface area contributed by atoms with Crippen LogP contribution in [-0.4, -0.2) is 24.5 Å². The molecule has 1 fully saturated rings. The van der Waals surface area contributed by atoms with Crippen LogP contribution < -0.4 is 10.6 Å². The summed E-state index contributed by atoms with van der Waals surface area (Å²) in [5.41, 5.74) is 0. The third-order valence-electron chi connectivity index (χ3n) is 3.30. The normalized spacial score (nSPS) is 27.4. The highest BCUT2D eigenvalue weighted by molar-refractivity contribution is 5.76. The van der Waals surface area contributed by atoms with Crippen LogP contribution in [0.25, 0.3) is 0 Å². The van der Waals surface area contributed by atoms with Gasteiger partial charge >= 0.3 is 0 Å². The first-order chi connectivity index (χ1) is 7.61. The fourth-order valence-electron chi connectivity index (χ4n) is 2.46. The Bertz CT molecular complexity index is 218. The van der Waals surface area contributed by atoms with Gasteiger partial charge in [0.15, 0.2) is 0 Å². The second-order valence-electron chi connectivity index (χ2n) is 5.24. The molecule has 1 aliphatic rings. The third kappa shape index (κ3) is 4.97. The van der Waals surface area contributed by atoms with Crippen LogP contribution in [0, 0.1) is 5.92 Å². The third-order valence-corrected chi connectivity index (χ3v) is 3.30. The van der Waals surface area contributed by atoms with E-state index in [-0.39, 0.29) is 5.91 Å². The molecule has 0 radical (unpaired) electrons. The summed E-state index contributed by atoms with van der Waals surface area (Å²) in [5, 5.41) is 6.55. The Morgan fingerprint density at radius 1 is 1.56 bits per heavy atom. The SMILES string of the molecule is CCCC(C)CC(=O)NC1CCNC(C)C1. The van der Waals surface area contributed by atoms with Crippen LogP contribution in [0.1, 0.15) is 52.9 Å². The number of hydrogen-bond donors (Lipinski definition) is 2. The van der Waals surface area contributed by atoms with Gasteiger partial charge in [0.25, 0.3) is 0 Å². The van der Waals surface area contributed by atoms with Gasteiger partial charge in [-0.05, 0) is 32.2 Å². The average Bonchev–Trinajstić information content (AvgIpc) is 2.17. The lowest BCUT2D eigenvalue weighted by Gasteiger charge is -2.29. The first kappa shape index (κ1) is 13.5. The first-order valence-electron chi connectivity index (χ1n) is 6.64. The van der Waals surface area contributed by atoms with Crippen LogP contribution in [0.3, 0.4) is 0 Å². The number of carbonyl (C=O) groups is 1. The second-order valence-corrected chi connectivity index (χ2v) is 5.24. The highest BCUT2D eigenvalue weighted by Gasteiger charge is 2.20. The van der Waals surface area contributed by atoms with Crippen molar-refractivity contribution in [2.24, 2.45) is 5.92 Å². The molecular weight excluding hydrogens is 200 g/mol. The van der Waals surface area contributed by atoms with Crippen LogP contribution >= 0.6 is 0 Å². The molecule has 1 amide bonds. The van der Waals surface area contributed by atoms with Gasteiger partial charge in [0, 0.05) is 18.5 Å². The van der Waals surface area contributed by atoms with Crippen molar-refractivity contribution < 1.29 is 4.79 Å². The molecule has 0 aromatic rings. The summed E-state index contributed by atoms with van der Waals surface area (Å²) in [6, 6.07) is 0.921. The van der Waals surface area contributed by atoms with Crippen molar-refractivity contribution in [2.75, 3.05) is 6.54 Å². The van der Waals surface area contributed by atoms with E-state index in [0.29, 0.717) is 24.4 Å². The highest BCUT2D eigenvalue weighted by atomic mass is 16.1. The molecule has 0 spiro atoms. The van der Waals surface area contributed by atoms with Gasteiger partial charge in [0.1, 0.15) is 0 Å². The molecule has 0 aromatic heterocycles. The van der Waals surface area contributed by atoms with Crippen LogP contribution in [0.5, 0.6) is 0 Å². The maximum absolute atomic E-state index is 11.8. The molecule has 1 heterocycles. The fraction of sp³-hybridized carbons (Fsp3) is 0.923. The van der Waals surface area contributed by atoms with E-state index in [4.69, 9.17) is 0 Å². The summed E-state index contributed by atoms with van der Waals surface area (Å²) in [5.74, 6) is 0.754. The lowest BCUT2D eigenvalue weighted by atomic mass is 9.98. The molecule has 3 nitrogen and oxygen atoms in total. The summed E-state index contributed by atoms with van der Waals surface area (Å²) in [6.07, 6.45) is 5.13. The van der Waals surface area contributed by atoms with Crippen LogP contribution in [0.4, 0.5) is 0 Å². The maximum Gasteiger partial charge on any atom is 0.220 e. The molecule has 94 valence electrons. The molecular formula is C13H26N2O. The number of piperidine rings is 1. The van der Waals surface area contributed by atoms with Crippen molar-refractivity contribution in [1.82, 2.24) is 10.6 Å². The highest BCUT2D eigenvalue weighted by Crippen LogP contribution is 2.12. The van der Waals surface area contributed by atoms with Crippen molar-refractivity contribution in [2.45, 2.75) is 65.0 Å². The number of nitrogens with one attached hydrogen (secondary N) is 2. The minimum atomic E-state index is 0.236. The van der Waals surface area contributed by atoms with E-state index in [1.165, 1.54) is 6.42 Å². The van der Waals surface area contributed by atoms with E-state index in [0.717, 1.165) is 25.8 Å². The fourth-order valence-corrected chi connectivity index (χ4v) is 2.46. The lowest BCUT2D eigenvalue weighted by Crippen LogP contribution is -2.46. The molecule has 0 aliphatic carbocycles. The standard InChI is InChI=1S/C13H26N2O/c1-4-5-10(2)8-13(16)15-12-6-7-14-11(3)9-12/h10-12,14H,4-9H2,1-3H3,(H,15,16). The Morgan fingerprint density at radius 3 is 2.94 bits per heavy atom. The molecule has 1 rings (SSSR count). The van der Waals surface area contributed by atoms with Gasteiger partial charge in [-0.2, -0.15) is 0 Å². The Hall–Kier alpha value is -0.570. The molecule has 1 aliphatic heterocycles. The molecule has 0 bridgehead atoms. The van der Waals surface area contributed by atoms with Gasteiger partial charge in [0.05, 0.1) is 0 Å². The topological polar surface area (TPSA) is 41.1 Å². The first-order valence-corrected chi connectivity index (χ1v) is 6.64. The largest absolute Gasteiger partial charge is 0.353 e. The number of carbonyl (C=O) groups excluding carboxylic acids is 1. The number of amides is 1. The minimum absolute atomic E-state index is 0.236. The van der Waals surface area contributed by atoms with E-state index in [1.54, 1.807) is 0 Å². The Balaban J connectivity index is 2.22. The van der Waals surface area contributed by atoms with Crippen molar-refractivity contribution in [3.05, 3.63) is 0 Å². The van der Waals surface area contributed by atoms with Gasteiger partial charge in [-0.1, -0.05) is 26.7 Å². The van der Waals surface area contributed by atoms with Crippen molar-refractivity contribution in [3.63, 3.8) is 0 Å². The number of hydrogen-bond acceptors (Lipinski definition) is 2. The van der Waals surface area contributed by atoms with Gasteiger partial charge < -0.3 is 10.6 Å². The van der Waals surface area contributed by atoms with Crippen molar-refractivity contribution in [1.29, 1.82) is 0 Å². The average molecular weight is 226 g/mol. The van der Waals surface area contributed by atoms with Crippen LogP contribution in [0.2, 0.25) is 0 Å². The number of rotatable bonds is 5. The molecule has 3 atom stereocenters. The molecule has 3 unspecified atom stereocenters. The van der Waals surface area contributed by atoms with Crippen LogP contribution in [0.15, 0.2) is 0 Å². The summed E-state index contributed by atoms with van der Waals surface area (Å²) < 4.78 is 0. The summed E-state index contributed by atoms with van der Waals surface area (Å²) in [4.78, 5) is 11.8. The predicted octanol–water partition coefficient (Wildman–Crippen LogP) is 2.07. The molecule has 16 heavy (non-hydrogen) atoms. The zero-order valence-electron chi connectivity index (χ0n) is 10.9. The smallest absolute Gasteiger partial charge is 0.220 e. The van der Waals surface area contributed by atoms with E-state index < -0.39 is 0 Å². The van der Waals surface area contributed by atoms with Crippen molar-refractivity contribution >= 4 is 5.91 Å². The zero-order valence-corrected chi connectivity index (χ0v) is 10.9. The van der Waals surface area contributed by atoms with E-state index >= 15 is 0 Å². The van der Waals surface area contributed by atoms with Gasteiger partial charge in [-0.3, -0.25) is 4.79 Å². The van der Waals surface area contributed by atoms with Gasteiger partial charge in [-0.15, -0.1) is 0 Å². The van der Waals surface area contributed by atoms with Gasteiger partial charge in [0.2, 0.25) is 5.91 Å². The van der Waals surface area contributed by atoms with E-state index in [2.05, 4.69) is 31.4 Å². The lowest BCUT2D eigenvalue weighted by molar-refractivity contribution is -0.122. The molecule has 3 heteroatoms. The quantitative estimate of drug-likeness (QED) is 0.753. The van der Waals surface area contributed by atoms with E-state index in [9.17, 15) is 4.79 Å². The minimum Gasteiger partial charge on any atom is -0.353 e. The van der Waals surface area contributed by atoms with Gasteiger partial charge in [-0.25, -0.2) is 0 Å². The molecule has 0 saturated carbocycles. The second kappa shape index (κ2) is 6.89. The Kier molecular flexibility index (Phi) is 5.81. The van der Waals surface area contributed by atoms with E-state index in [1.807, 2.05) is 0 Å². The Morgan fingerprint density at radius 2 is 2.31 bits per heavy atom. The molecule has 2 N–H and O–H groups in total. The Labute approximate surface area is 99.4 Å².